The number of H-pyrrole nitrogens is 1. The molecule has 0 unspecified atom stereocenters. The topological polar surface area (TPSA) is 74.8 Å². The quantitative estimate of drug-likeness (QED) is 0.687. The second kappa shape index (κ2) is 3.88. The van der Waals surface area contributed by atoms with E-state index in [0.29, 0.717) is 0 Å². The molecule has 0 atom stereocenters. The van der Waals surface area contributed by atoms with Crippen molar-refractivity contribution in [3.05, 3.63) is 18.0 Å². The molecule has 2 N–H and O–H groups in total. The smallest absolute Gasteiger partial charge is 0.225 e. The first kappa shape index (κ1) is 9.50. The van der Waals surface area contributed by atoms with Crippen molar-refractivity contribution in [1.29, 1.82) is 0 Å². The molecule has 12 heavy (non-hydrogen) atoms. The van der Waals surface area contributed by atoms with Crippen molar-refractivity contribution >= 4 is 21.6 Å². The van der Waals surface area contributed by atoms with Crippen LogP contribution in [0.3, 0.4) is 0 Å². The normalized spacial score (nSPS) is 11.8. The lowest BCUT2D eigenvalue weighted by atomic mass is 10.4. The molecule has 0 aliphatic heterocycles. The van der Waals surface area contributed by atoms with Crippen LogP contribution in [0.5, 0.6) is 0 Å². The average molecular weight is 210 g/mol. The predicted octanol–water partition coefficient (Wildman–Crippen LogP) is 0.0254. The first-order valence-electron chi connectivity index (χ1n) is 3.15. The van der Waals surface area contributed by atoms with Crippen molar-refractivity contribution in [3.63, 3.8) is 0 Å². The molecule has 1 heterocycles. The van der Waals surface area contributed by atoms with Crippen molar-refractivity contribution in [2.75, 3.05) is 5.21 Å². The lowest BCUT2D eigenvalue weighted by Crippen LogP contribution is -2.23. The van der Waals surface area contributed by atoms with Gasteiger partial charge in [0.2, 0.25) is 10.0 Å². The van der Waals surface area contributed by atoms with Crippen molar-refractivity contribution in [1.82, 2.24) is 14.9 Å². The Morgan fingerprint density at radius 2 is 2.42 bits per heavy atom. The van der Waals surface area contributed by atoms with Crippen LogP contribution in [0.2, 0.25) is 0 Å². The molecule has 0 radical (unpaired) electrons. The lowest BCUT2D eigenvalue weighted by molar-refractivity contribution is 0.586. The molecule has 0 saturated heterocycles. The van der Waals surface area contributed by atoms with Gasteiger partial charge in [-0.2, -0.15) is 5.10 Å². The van der Waals surface area contributed by atoms with E-state index in [1.54, 1.807) is 6.20 Å². The molecule has 0 amide bonds. The molecule has 7 heteroatoms. The monoisotopic (exact) mass is 209 g/mol. The lowest BCUT2D eigenvalue weighted by Gasteiger charge is -1.99. The summed E-state index contributed by atoms with van der Waals surface area (Å²) in [5, 5.41) is 5.80. The Morgan fingerprint density at radius 3 is 2.92 bits per heavy atom. The first-order valence-corrected chi connectivity index (χ1v) is 5.34. The zero-order valence-corrected chi connectivity index (χ0v) is 7.69. The third-order valence-corrected chi connectivity index (χ3v) is 2.93. The van der Waals surface area contributed by atoms with Crippen LogP contribution in [0.25, 0.3) is 0 Å². The predicted molar refractivity (Wildman–Crippen MR) is 45.1 cm³/mol. The Kier molecular flexibility index (Phi) is 3.07. The zero-order chi connectivity index (χ0) is 9.03. The van der Waals surface area contributed by atoms with Gasteiger partial charge in [0.15, 0.2) is 0 Å². The number of aromatic amines is 1. The van der Waals surface area contributed by atoms with E-state index >= 15 is 0 Å². The molecule has 0 saturated carbocycles. The highest BCUT2D eigenvalue weighted by atomic mass is 35.5. The highest BCUT2D eigenvalue weighted by molar-refractivity contribution is 7.90. The summed E-state index contributed by atoms with van der Waals surface area (Å²) >= 11 is 5.16. The second-order valence-electron chi connectivity index (χ2n) is 2.15. The van der Waals surface area contributed by atoms with E-state index in [2.05, 4.69) is 14.9 Å². The summed E-state index contributed by atoms with van der Waals surface area (Å²) in [6.07, 6.45) is 3.15. The van der Waals surface area contributed by atoms with Crippen molar-refractivity contribution in [2.24, 2.45) is 0 Å². The Labute approximate surface area is 75.2 Å². The second-order valence-corrected chi connectivity index (χ2v) is 4.54. The molecule has 0 spiro atoms. The van der Waals surface area contributed by atoms with Crippen LogP contribution in [0.1, 0.15) is 5.56 Å². The van der Waals surface area contributed by atoms with Crippen LogP contribution in [0, 0.1) is 0 Å². The molecular formula is C5H8ClN3O2S. The molecule has 1 rings (SSSR count). The Hall–Kier alpha value is -0.590. The summed E-state index contributed by atoms with van der Waals surface area (Å²) < 4.78 is 23.9. The van der Waals surface area contributed by atoms with E-state index in [1.165, 1.54) is 6.20 Å². The van der Waals surface area contributed by atoms with Gasteiger partial charge in [0.05, 0.1) is 6.20 Å². The highest BCUT2D eigenvalue weighted by Gasteiger charge is 2.06. The zero-order valence-electron chi connectivity index (χ0n) is 6.12. The fraction of sp³-hybridized carbons (Fsp3) is 0.400. The van der Waals surface area contributed by atoms with Crippen molar-refractivity contribution in [2.45, 2.75) is 6.54 Å². The van der Waals surface area contributed by atoms with Gasteiger partial charge >= 0.3 is 0 Å². The largest absolute Gasteiger partial charge is 0.285 e. The van der Waals surface area contributed by atoms with Crippen LogP contribution in [0.4, 0.5) is 0 Å². The van der Waals surface area contributed by atoms with Crippen LogP contribution in [-0.4, -0.2) is 23.8 Å². The first-order chi connectivity index (χ1) is 5.64. The number of halogens is 1. The van der Waals surface area contributed by atoms with E-state index < -0.39 is 15.2 Å². The van der Waals surface area contributed by atoms with Gasteiger partial charge in [-0.15, -0.1) is 11.6 Å². The van der Waals surface area contributed by atoms with Gasteiger partial charge in [0.25, 0.3) is 0 Å². The fourth-order valence-electron chi connectivity index (χ4n) is 0.606. The maximum atomic E-state index is 10.8. The summed E-state index contributed by atoms with van der Waals surface area (Å²) in [5.41, 5.74) is 0.767. The maximum Gasteiger partial charge on any atom is 0.225 e. The Bertz CT molecular complexity index is 320. The standard InChI is InChI=1S/C5H8ClN3O2S/c6-4-12(10,11)9-3-5-1-7-8-2-5/h1-2,9H,3-4H2,(H,7,8). The number of hydrogen-bond donors (Lipinski definition) is 2. The average Bonchev–Trinajstić information content (AvgIpc) is 2.53. The number of aromatic nitrogens is 2. The molecule has 68 valence electrons. The van der Waals surface area contributed by atoms with Gasteiger partial charge in [0, 0.05) is 18.3 Å². The minimum atomic E-state index is -3.32. The summed E-state index contributed by atoms with van der Waals surface area (Å²) in [5.74, 6) is 0. The van der Waals surface area contributed by atoms with Gasteiger partial charge < -0.3 is 0 Å². The Morgan fingerprint density at radius 1 is 1.67 bits per heavy atom. The summed E-state index contributed by atoms with van der Waals surface area (Å²) in [7, 11) is -3.32. The molecule has 1 aromatic heterocycles. The summed E-state index contributed by atoms with van der Waals surface area (Å²) in [6, 6.07) is 0. The molecule has 5 nitrogen and oxygen atoms in total. The number of rotatable bonds is 4. The number of alkyl halides is 1. The minimum absolute atomic E-state index is 0.214. The van der Waals surface area contributed by atoms with E-state index in [-0.39, 0.29) is 6.54 Å². The van der Waals surface area contributed by atoms with Gasteiger partial charge in [-0.05, 0) is 0 Å². The highest BCUT2D eigenvalue weighted by Crippen LogP contribution is 1.95. The number of nitrogens with zero attached hydrogens (tertiary/aromatic N) is 1. The molecule has 1 aromatic rings. The molecule has 0 aliphatic carbocycles. The van der Waals surface area contributed by atoms with Gasteiger partial charge in [0.1, 0.15) is 5.21 Å². The van der Waals surface area contributed by atoms with Crippen LogP contribution >= 0.6 is 11.6 Å². The van der Waals surface area contributed by atoms with E-state index in [4.69, 9.17) is 11.6 Å². The molecular weight excluding hydrogens is 202 g/mol. The number of sulfonamides is 1. The van der Waals surface area contributed by atoms with Crippen LogP contribution < -0.4 is 4.72 Å². The fourth-order valence-corrected chi connectivity index (χ4v) is 1.30. The maximum absolute atomic E-state index is 10.8. The van der Waals surface area contributed by atoms with E-state index in [9.17, 15) is 8.42 Å². The van der Waals surface area contributed by atoms with Gasteiger partial charge in [-0.25, -0.2) is 13.1 Å². The third-order valence-electron chi connectivity index (χ3n) is 1.19. The van der Waals surface area contributed by atoms with Gasteiger partial charge in [-0.3, -0.25) is 5.10 Å². The van der Waals surface area contributed by atoms with E-state index in [0.717, 1.165) is 5.56 Å². The number of hydrogen-bond acceptors (Lipinski definition) is 3. The molecule has 0 fully saturated rings. The van der Waals surface area contributed by atoms with Crippen molar-refractivity contribution in [3.8, 4) is 0 Å². The molecule has 0 bridgehead atoms. The SMILES string of the molecule is O=S(=O)(CCl)NCc1cn[nH]c1. The van der Waals surface area contributed by atoms with Crippen molar-refractivity contribution < 1.29 is 8.42 Å². The van der Waals surface area contributed by atoms with Crippen LogP contribution in [-0.2, 0) is 16.6 Å². The van der Waals surface area contributed by atoms with E-state index in [1.807, 2.05) is 0 Å². The molecule has 0 aromatic carbocycles. The van der Waals surface area contributed by atoms with Gasteiger partial charge in [-0.1, -0.05) is 0 Å². The molecule has 0 aliphatic rings. The third kappa shape index (κ3) is 2.80. The number of nitrogens with one attached hydrogen (secondary N) is 2. The summed E-state index contributed by atoms with van der Waals surface area (Å²) in [4.78, 5) is 0. The minimum Gasteiger partial charge on any atom is -0.285 e. The summed E-state index contributed by atoms with van der Waals surface area (Å²) in [6.45, 7) is 0.214. The Balaban J connectivity index is 2.47. The van der Waals surface area contributed by atoms with Crippen LogP contribution in [0.15, 0.2) is 12.4 Å².